The third-order valence-corrected chi connectivity index (χ3v) is 6.94. The SMILES string of the molecule is CC(C)(C)OC(=O)NC1CCN(c2ccc(NC(=O)C3CCC(c4ccc(Cl)cc4)CC3)cn2)C1. The second-order valence-corrected chi connectivity index (χ2v) is 11.0. The molecule has 8 heteroatoms. The number of nitrogens with zero attached hydrogens (tertiary/aromatic N) is 2. The fourth-order valence-corrected chi connectivity index (χ4v) is 5.00. The molecule has 1 saturated carbocycles. The van der Waals surface area contributed by atoms with Crippen LogP contribution >= 0.6 is 11.6 Å². The van der Waals surface area contributed by atoms with Gasteiger partial charge in [0.05, 0.1) is 17.9 Å². The van der Waals surface area contributed by atoms with Crippen molar-refractivity contribution >= 4 is 35.1 Å². The van der Waals surface area contributed by atoms with Gasteiger partial charge in [-0.15, -0.1) is 0 Å². The summed E-state index contributed by atoms with van der Waals surface area (Å²) in [5.41, 5.74) is 1.50. The van der Waals surface area contributed by atoms with E-state index in [1.165, 1.54) is 5.56 Å². The first-order valence-electron chi connectivity index (χ1n) is 12.4. The second kappa shape index (κ2) is 10.9. The average molecular weight is 499 g/mol. The van der Waals surface area contributed by atoms with Crippen LogP contribution in [0.4, 0.5) is 16.3 Å². The van der Waals surface area contributed by atoms with Gasteiger partial charge in [0, 0.05) is 24.0 Å². The van der Waals surface area contributed by atoms with E-state index in [1.807, 2.05) is 45.0 Å². The molecule has 2 heterocycles. The Morgan fingerprint density at radius 3 is 2.37 bits per heavy atom. The van der Waals surface area contributed by atoms with Crippen molar-refractivity contribution in [3.05, 3.63) is 53.2 Å². The van der Waals surface area contributed by atoms with Gasteiger partial charge in [-0.1, -0.05) is 23.7 Å². The molecule has 1 unspecified atom stereocenters. The molecule has 1 atom stereocenters. The Hall–Kier alpha value is -2.80. The lowest BCUT2D eigenvalue weighted by atomic mass is 9.78. The Kier molecular flexibility index (Phi) is 7.85. The summed E-state index contributed by atoms with van der Waals surface area (Å²) in [6.45, 7) is 7.03. The number of pyridine rings is 1. The smallest absolute Gasteiger partial charge is 0.407 e. The quantitative estimate of drug-likeness (QED) is 0.548. The zero-order valence-corrected chi connectivity index (χ0v) is 21.5. The summed E-state index contributed by atoms with van der Waals surface area (Å²) in [6, 6.07) is 11.9. The van der Waals surface area contributed by atoms with Gasteiger partial charge in [-0.25, -0.2) is 9.78 Å². The highest BCUT2D eigenvalue weighted by molar-refractivity contribution is 6.30. The van der Waals surface area contributed by atoms with E-state index >= 15 is 0 Å². The van der Waals surface area contributed by atoms with E-state index in [1.54, 1.807) is 6.20 Å². The van der Waals surface area contributed by atoms with E-state index < -0.39 is 11.7 Å². The van der Waals surface area contributed by atoms with E-state index in [2.05, 4.69) is 32.7 Å². The highest BCUT2D eigenvalue weighted by Gasteiger charge is 2.28. The Labute approximate surface area is 212 Å². The summed E-state index contributed by atoms with van der Waals surface area (Å²) >= 11 is 6.00. The molecule has 1 aromatic heterocycles. The Balaban J connectivity index is 1.23. The number of aromatic nitrogens is 1. The number of rotatable bonds is 5. The van der Waals surface area contributed by atoms with Crippen molar-refractivity contribution in [3.8, 4) is 0 Å². The van der Waals surface area contributed by atoms with Crippen LogP contribution in [0.2, 0.25) is 5.02 Å². The first kappa shape index (κ1) is 25.3. The molecular weight excluding hydrogens is 464 g/mol. The minimum Gasteiger partial charge on any atom is -0.444 e. The number of ether oxygens (including phenoxy) is 1. The molecule has 0 radical (unpaired) electrons. The standard InChI is InChI=1S/C27H35ClN4O3/c1-27(2,3)35-26(34)31-23-14-15-32(17-23)24-13-12-22(16-29-24)30-25(33)20-6-4-18(5-7-20)19-8-10-21(28)11-9-19/h8-13,16,18,20,23H,4-7,14-15,17H2,1-3H3,(H,30,33)(H,31,34). The van der Waals surface area contributed by atoms with Crippen LogP contribution in [0.1, 0.15) is 64.4 Å². The third kappa shape index (κ3) is 7.10. The highest BCUT2D eigenvalue weighted by Crippen LogP contribution is 2.36. The van der Waals surface area contributed by atoms with E-state index in [-0.39, 0.29) is 17.9 Å². The molecule has 0 spiro atoms. The number of anilines is 2. The summed E-state index contributed by atoms with van der Waals surface area (Å²) in [4.78, 5) is 31.5. The van der Waals surface area contributed by atoms with Gasteiger partial charge < -0.3 is 20.3 Å². The number of alkyl carbamates (subject to hydrolysis) is 1. The summed E-state index contributed by atoms with van der Waals surface area (Å²) in [6.07, 6.45) is 5.92. The number of halogens is 1. The van der Waals surface area contributed by atoms with Crippen molar-refractivity contribution in [2.75, 3.05) is 23.3 Å². The number of amides is 2. The maximum absolute atomic E-state index is 12.8. The van der Waals surface area contributed by atoms with Gasteiger partial charge in [0.2, 0.25) is 5.91 Å². The normalized spacial score (nSPS) is 22.5. The molecule has 1 aliphatic carbocycles. The number of benzene rings is 1. The number of hydrogen-bond donors (Lipinski definition) is 2. The average Bonchev–Trinajstić information content (AvgIpc) is 3.27. The molecule has 0 bridgehead atoms. The Bertz CT molecular complexity index is 1010. The first-order chi connectivity index (χ1) is 16.7. The number of carbonyl (C=O) groups excluding carboxylic acids is 2. The lowest BCUT2D eigenvalue weighted by Gasteiger charge is -2.28. The van der Waals surface area contributed by atoms with Crippen LogP contribution in [0.25, 0.3) is 0 Å². The van der Waals surface area contributed by atoms with E-state index in [0.717, 1.165) is 49.5 Å². The Morgan fingerprint density at radius 2 is 1.74 bits per heavy atom. The molecule has 7 nitrogen and oxygen atoms in total. The molecule has 1 aliphatic heterocycles. The minimum atomic E-state index is -0.514. The largest absolute Gasteiger partial charge is 0.444 e. The molecule has 35 heavy (non-hydrogen) atoms. The van der Waals surface area contributed by atoms with Crippen molar-refractivity contribution in [3.63, 3.8) is 0 Å². The Morgan fingerprint density at radius 1 is 1.03 bits per heavy atom. The zero-order valence-electron chi connectivity index (χ0n) is 20.7. The highest BCUT2D eigenvalue weighted by atomic mass is 35.5. The topological polar surface area (TPSA) is 83.6 Å². The van der Waals surface area contributed by atoms with Gasteiger partial charge >= 0.3 is 6.09 Å². The number of hydrogen-bond acceptors (Lipinski definition) is 5. The minimum absolute atomic E-state index is 0.0222. The molecule has 1 aromatic carbocycles. The number of nitrogens with one attached hydrogen (secondary N) is 2. The van der Waals surface area contributed by atoms with Gasteiger partial charge in [-0.05, 0) is 88.6 Å². The lowest BCUT2D eigenvalue weighted by Crippen LogP contribution is -2.40. The monoisotopic (exact) mass is 498 g/mol. The van der Waals surface area contributed by atoms with E-state index in [0.29, 0.717) is 18.2 Å². The second-order valence-electron chi connectivity index (χ2n) is 10.6. The predicted molar refractivity (Wildman–Crippen MR) is 139 cm³/mol. The zero-order chi connectivity index (χ0) is 25.0. The molecule has 2 N–H and O–H groups in total. The molecule has 4 rings (SSSR count). The first-order valence-corrected chi connectivity index (χ1v) is 12.8. The molecule has 1 saturated heterocycles. The van der Waals surface area contributed by atoms with Crippen molar-refractivity contribution in [1.82, 2.24) is 10.3 Å². The summed E-state index contributed by atoms with van der Waals surface area (Å²) in [5.74, 6) is 1.42. The van der Waals surface area contributed by atoms with Crippen molar-refractivity contribution in [1.29, 1.82) is 0 Å². The van der Waals surface area contributed by atoms with Crippen LogP contribution in [0.5, 0.6) is 0 Å². The predicted octanol–water partition coefficient (Wildman–Crippen LogP) is 5.75. The lowest BCUT2D eigenvalue weighted by molar-refractivity contribution is -0.120. The van der Waals surface area contributed by atoms with Crippen LogP contribution in [-0.4, -0.2) is 41.7 Å². The third-order valence-electron chi connectivity index (χ3n) is 6.69. The summed E-state index contributed by atoms with van der Waals surface area (Å²) < 4.78 is 5.35. The molecule has 2 aromatic rings. The van der Waals surface area contributed by atoms with E-state index in [9.17, 15) is 9.59 Å². The van der Waals surface area contributed by atoms with Crippen LogP contribution < -0.4 is 15.5 Å². The van der Waals surface area contributed by atoms with Crippen LogP contribution in [0.3, 0.4) is 0 Å². The van der Waals surface area contributed by atoms with Crippen molar-refractivity contribution in [2.45, 2.75) is 70.4 Å². The summed E-state index contributed by atoms with van der Waals surface area (Å²) in [5, 5.41) is 6.72. The van der Waals surface area contributed by atoms with E-state index in [4.69, 9.17) is 16.3 Å². The van der Waals surface area contributed by atoms with Gasteiger partial charge in [0.1, 0.15) is 11.4 Å². The molecule has 2 amide bonds. The molecule has 2 fully saturated rings. The van der Waals surface area contributed by atoms with Crippen LogP contribution in [0, 0.1) is 5.92 Å². The molecule has 2 aliphatic rings. The van der Waals surface area contributed by atoms with Gasteiger partial charge in [-0.2, -0.15) is 0 Å². The van der Waals surface area contributed by atoms with Crippen LogP contribution in [0.15, 0.2) is 42.6 Å². The van der Waals surface area contributed by atoms with Crippen LogP contribution in [-0.2, 0) is 9.53 Å². The van der Waals surface area contributed by atoms with Gasteiger partial charge in [-0.3, -0.25) is 4.79 Å². The van der Waals surface area contributed by atoms with Gasteiger partial charge in [0.15, 0.2) is 0 Å². The maximum atomic E-state index is 12.8. The van der Waals surface area contributed by atoms with Crippen molar-refractivity contribution < 1.29 is 14.3 Å². The molecule has 188 valence electrons. The fourth-order valence-electron chi connectivity index (χ4n) is 4.88. The maximum Gasteiger partial charge on any atom is 0.407 e. The van der Waals surface area contributed by atoms with Gasteiger partial charge in [0.25, 0.3) is 0 Å². The molecular formula is C27H35ClN4O3. The fraction of sp³-hybridized carbons (Fsp3) is 0.519. The number of carbonyl (C=O) groups is 2. The summed E-state index contributed by atoms with van der Waals surface area (Å²) in [7, 11) is 0. The van der Waals surface area contributed by atoms with Crippen molar-refractivity contribution in [2.24, 2.45) is 5.92 Å².